The number of sulfonamides is 1. The van der Waals surface area contributed by atoms with E-state index in [1.807, 2.05) is 17.0 Å². The van der Waals surface area contributed by atoms with Crippen LogP contribution in [0.1, 0.15) is 57.9 Å². The molecular weight excluding hydrogens is 488 g/mol. The van der Waals surface area contributed by atoms with Gasteiger partial charge in [0, 0.05) is 44.5 Å². The molecule has 0 unspecified atom stereocenters. The first-order valence-electron chi connectivity index (χ1n) is 13.4. The molecule has 0 bridgehead atoms. The smallest absolute Gasteiger partial charge is 0.317 e. The van der Waals surface area contributed by atoms with Crippen LogP contribution in [-0.4, -0.2) is 62.7 Å². The molecule has 9 heteroatoms. The van der Waals surface area contributed by atoms with E-state index in [1.54, 1.807) is 24.3 Å². The van der Waals surface area contributed by atoms with Crippen LogP contribution in [0.4, 0.5) is 10.5 Å². The second kappa shape index (κ2) is 14.2. The van der Waals surface area contributed by atoms with E-state index >= 15 is 0 Å². The molecule has 37 heavy (non-hydrogen) atoms. The van der Waals surface area contributed by atoms with Crippen LogP contribution >= 0.6 is 0 Å². The molecule has 0 atom stereocenters. The first-order valence-corrected chi connectivity index (χ1v) is 15.3. The summed E-state index contributed by atoms with van der Waals surface area (Å²) in [6.07, 6.45) is 7.43. The summed E-state index contributed by atoms with van der Waals surface area (Å²) in [4.78, 5) is 17.2. The highest BCUT2D eigenvalue weighted by Crippen LogP contribution is 2.24. The van der Waals surface area contributed by atoms with Gasteiger partial charge in [-0.15, -0.1) is 0 Å². The third kappa shape index (κ3) is 10.2. The highest BCUT2D eigenvalue weighted by molar-refractivity contribution is 7.92. The quantitative estimate of drug-likeness (QED) is 0.337. The molecule has 1 fully saturated rings. The van der Waals surface area contributed by atoms with Crippen LogP contribution in [0.5, 0.6) is 11.5 Å². The van der Waals surface area contributed by atoms with Gasteiger partial charge in [-0.25, -0.2) is 13.2 Å². The minimum Gasteiger partial charge on any atom is -0.457 e. The molecule has 204 valence electrons. The van der Waals surface area contributed by atoms with Gasteiger partial charge in [-0.1, -0.05) is 38.8 Å². The van der Waals surface area contributed by atoms with Crippen LogP contribution in [0.2, 0.25) is 0 Å². The average molecular weight is 531 g/mol. The monoisotopic (exact) mass is 530 g/mol. The second-order valence-electron chi connectivity index (χ2n) is 9.84. The molecule has 2 aromatic rings. The predicted octanol–water partition coefficient (Wildman–Crippen LogP) is 5.43. The van der Waals surface area contributed by atoms with Gasteiger partial charge in [0.1, 0.15) is 11.5 Å². The van der Waals surface area contributed by atoms with Crippen molar-refractivity contribution < 1.29 is 17.9 Å². The lowest BCUT2D eigenvalue weighted by molar-refractivity contribution is 0.168. The zero-order valence-corrected chi connectivity index (χ0v) is 23.2. The Hall–Kier alpha value is -2.78. The number of hydrogen-bond acceptors (Lipinski definition) is 5. The topological polar surface area (TPSA) is 91.0 Å². The minimum atomic E-state index is -3.30. The first kappa shape index (κ1) is 28.8. The van der Waals surface area contributed by atoms with Gasteiger partial charge in [-0.2, -0.15) is 0 Å². The van der Waals surface area contributed by atoms with E-state index in [-0.39, 0.29) is 12.1 Å². The van der Waals surface area contributed by atoms with Crippen LogP contribution in [0.15, 0.2) is 48.5 Å². The summed E-state index contributed by atoms with van der Waals surface area (Å²) in [5.41, 5.74) is 1.71. The van der Waals surface area contributed by atoms with Gasteiger partial charge in [0.25, 0.3) is 0 Å². The van der Waals surface area contributed by atoms with E-state index < -0.39 is 10.0 Å². The summed E-state index contributed by atoms with van der Waals surface area (Å²) in [6, 6.07) is 15.2. The molecule has 1 saturated heterocycles. The van der Waals surface area contributed by atoms with Crippen molar-refractivity contribution in [2.45, 2.75) is 65.0 Å². The minimum absolute atomic E-state index is 0.0910. The SMILES string of the molecule is CCCCCN(CCC)C(=O)NC1CCN(Cc2ccc(Oc3ccc(NS(C)(=O)=O)cc3)cc2)CC1. The number of nitrogens with zero attached hydrogens (tertiary/aromatic N) is 2. The Bertz CT molecular complexity index is 1070. The van der Waals surface area contributed by atoms with Gasteiger partial charge in [0.15, 0.2) is 0 Å². The van der Waals surface area contributed by atoms with Crippen molar-refractivity contribution in [2.24, 2.45) is 0 Å². The second-order valence-corrected chi connectivity index (χ2v) is 11.6. The molecule has 0 spiro atoms. The highest BCUT2D eigenvalue weighted by Gasteiger charge is 2.22. The van der Waals surface area contributed by atoms with Gasteiger partial charge >= 0.3 is 6.03 Å². The number of ether oxygens (including phenoxy) is 1. The average Bonchev–Trinajstić information content (AvgIpc) is 2.86. The number of anilines is 1. The zero-order valence-electron chi connectivity index (χ0n) is 22.4. The number of carbonyl (C=O) groups excluding carboxylic acids is 1. The van der Waals surface area contributed by atoms with Crippen molar-refractivity contribution in [3.8, 4) is 11.5 Å². The molecule has 0 aromatic heterocycles. The maximum atomic E-state index is 12.8. The van der Waals surface area contributed by atoms with E-state index in [0.717, 1.165) is 83.3 Å². The normalized spacial score (nSPS) is 14.8. The number of nitrogens with one attached hydrogen (secondary N) is 2. The summed E-state index contributed by atoms with van der Waals surface area (Å²) in [5, 5.41) is 3.27. The van der Waals surface area contributed by atoms with Gasteiger partial charge < -0.3 is 15.0 Å². The van der Waals surface area contributed by atoms with Crippen molar-refractivity contribution in [2.75, 3.05) is 37.2 Å². The maximum Gasteiger partial charge on any atom is 0.317 e. The summed E-state index contributed by atoms with van der Waals surface area (Å²) in [6.45, 7) is 8.75. The maximum absolute atomic E-state index is 12.8. The molecule has 0 aliphatic carbocycles. The largest absolute Gasteiger partial charge is 0.457 e. The molecule has 1 aliphatic rings. The summed E-state index contributed by atoms with van der Waals surface area (Å²) >= 11 is 0. The summed E-state index contributed by atoms with van der Waals surface area (Å²) in [7, 11) is -3.30. The first-order chi connectivity index (χ1) is 17.8. The number of likely N-dealkylation sites (tertiary alicyclic amines) is 1. The number of amides is 2. The van der Waals surface area contributed by atoms with Crippen LogP contribution in [0.3, 0.4) is 0 Å². The Morgan fingerprint density at radius 2 is 1.57 bits per heavy atom. The van der Waals surface area contributed by atoms with Gasteiger partial charge in [0.2, 0.25) is 10.0 Å². The molecular formula is C28H42N4O4S. The lowest BCUT2D eigenvalue weighted by atomic mass is 10.0. The van der Waals surface area contributed by atoms with E-state index in [9.17, 15) is 13.2 Å². The Balaban J connectivity index is 1.42. The Morgan fingerprint density at radius 1 is 0.946 bits per heavy atom. The van der Waals surface area contributed by atoms with Crippen LogP contribution < -0.4 is 14.8 Å². The number of unbranched alkanes of at least 4 members (excludes halogenated alkanes) is 2. The van der Waals surface area contributed by atoms with E-state index in [2.05, 4.69) is 40.9 Å². The molecule has 2 N–H and O–H groups in total. The standard InChI is InChI=1S/C28H42N4O4S/c1-4-6-7-19-32(18-5-2)28(33)29-24-16-20-31(21-17-24)22-23-8-12-26(13-9-23)36-27-14-10-25(11-15-27)30-37(3,34)35/h8-15,24,30H,4-7,16-22H2,1-3H3,(H,29,33). The molecule has 0 radical (unpaired) electrons. The van der Waals surface area contributed by atoms with Crippen LogP contribution in [0.25, 0.3) is 0 Å². The lowest BCUT2D eigenvalue weighted by Crippen LogP contribution is -2.49. The number of rotatable bonds is 13. The number of carbonyl (C=O) groups is 1. The Kier molecular flexibility index (Phi) is 11.1. The summed E-state index contributed by atoms with van der Waals surface area (Å²) < 4.78 is 31.0. The highest BCUT2D eigenvalue weighted by atomic mass is 32.2. The van der Waals surface area contributed by atoms with Crippen molar-refractivity contribution in [1.82, 2.24) is 15.1 Å². The van der Waals surface area contributed by atoms with Crippen molar-refractivity contribution in [1.29, 1.82) is 0 Å². The fourth-order valence-electron chi connectivity index (χ4n) is 4.50. The molecule has 3 rings (SSSR count). The Labute approximate surface area is 222 Å². The van der Waals surface area contributed by atoms with Gasteiger partial charge in [-0.05, 0) is 67.6 Å². The fraction of sp³-hybridized carbons (Fsp3) is 0.536. The van der Waals surface area contributed by atoms with Crippen molar-refractivity contribution in [3.63, 3.8) is 0 Å². The molecule has 8 nitrogen and oxygen atoms in total. The Morgan fingerprint density at radius 3 is 2.14 bits per heavy atom. The number of hydrogen-bond donors (Lipinski definition) is 2. The predicted molar refractivity (Wildman–Crippen MR) is 150 cm³/mol. The van der Waals surface area contributed by atoms with Gasteiger partial charge in [-0.3, -0.25) is 9.62 Å². The third-order valence-electron chi connectivity index (χ3n) is 6.45. The van der Waals surface area contributed by atoms with Crippen molar-refractivity contribution >= 4 is 21.7 Å². The molecule has 1 heterocycles. The molecule has 0 saturated carbocycles. The van der Waals surface area contributed by atoms with E-state index in [4.69, 9.17) is 4.74 Å². The summed E-state index contributed by atoms with van der Waals surface area (Å²) in [5.74, 6) is 1.36. The molecule has 1 aliphatic heterocycles. The fourth-order valence-corrected chi connectivity index (χ4v) is 5.07. The van der Waals surface area contributed by atoms with Crippen LogP contribution in [0, 0.1) is 0 Å². The number of urea groups is 1. The van der Waals surface area contributed by atoms with Gasteiger partial charge in [0.05, 0.1) is 6.26 Å². The van der Waals surface area contributed by atoms with Crippen LogP contribution in [-0.2, 0) is 16.6 Å². The van der Waals surface area contributed by atoms with E-state index in [0.29, 0.717) is 11.4 Å². The molecule has 2 amide bonds. The van der Waals surface area contributed by atoms with E-state index in [1.165, 1.54) is 5.56 Å². The number of benzene rings is 2. The van der Waals surface area contributed by atoms with Crippen molar-refractivity contribution in [3.05, 3.63) is 54.1 Å². The lowest BCUT2D eigenvalue weighted by Gasteiger charge is -2.34. The molecule has 2 aromatic carbocycles. The number of piperidine rings is 1. The zero-order chi connectivity index (χ0) is 26.7. The third-order valence-corrected chi connectivity index (χ3v) is 7.06.